The van der Waals surface area contributed by atoms with E-state index in [0.29, 0.717) is 18.0 Å². The van der Waals surface area contributed by atoms with E-state index in [-0.39, 0.29) is 42.3 Å². The zero-order valence-corrected chi connectivity index (χ0v) is 18.6. The molecule has 1 aliphatic rings. The number of hydrogen-bond acceptors (Lipinski definition) is 6. The number of carbonyl (C=O) groups is 2. The summed E-state index contributed by atoms with van der Waals surface area (Å²) in [6.07, 6.45) is 1.99. The molecule has 9 nitrogen and oxygen atoms in total. The van der Waals surface area contributed by atoms with E-state index in [0.717, 1.165) is 18.4 Å². The molecule has 1 fully saturated rings. The van der Waals surface area contributed by atoms with Gasteiger partial charge in [-0.1, -0.05) is 24.3 Å². The minimum atomic E-state index is -3.75. The minimum absolute atomic E-state index is 0.0153. The Morgan fingerprint density at radius 2 is 1.75 bits per heavy atom. The van der Waals surface area contributed by atoms with Gasteiger partial charge in [-0.15, -0.1) is 0 Å². The fourth-order valence-corrected chi connectivity index (χ4v) is 3.68. The first kappa shape index (κ1) is 23.6. The number of amides is 2. The van der Waals surface area contributed by atoms with Crippen LogP contribution in [0.25, 0.3) is 0 Å². The number of ether oxygens (including phenoxy) is 2. The molecule has 2 aromatic carbocycles. The van der Waals surface area contributed by atoms with Gasteiger partial charge in [-0.05, 0) is 42.7 Å². The number of benzene rings is 2. The van der Waals surface area contributed by atoms with Crippen LogP contribution in [0.15, 0.2) is 53.4 Å². The molecule has 0 aliphatic heterocycles. The van der Waals surface area contributed by atoms with E-state index in [1.807, 2.05) is 6.07 Å². The molecule has 10 heteroatoms. The van der Waals surface area contributed by atoms with E-state index in [4.69, 9.17) is 14.6 Å². The Balaban J connectivity index is 1.46. The number of rotatable bonds is 11. The third-order valence-electron chi connectivity index (χ3n) is 5.05. The van der Waals surface area contributed by atoms with E-state index in [2.05, 4.69) is 5.32 Å². The molecule has 0 radical (unpaired) electrons. The first-order valence-corrected chi connectivity index (χ1v) is 11.8. The maximum absolute atomic E-state index is 12.7. The number of hydrogen-bond donors (Lipinski definition) is 2. The molecule has 0 atom stereocenters. The summed E-state index contributed by atoms with van der Waals surface area (Å²) in [5.74, 6) is 0.662. The monoisotopic (exact) mass is 461 g/mol. The number of nitrogens with zero attached hydrogens (tertiary/aromatic N) is 1. The highest BCUT2D eigenvalue weighted by atomic mass is 32.2. The summed E-state index contributed by atoms with van der Waals surface area (Å²) in [5, 5.41) is 7.85. The highest BCUT2D eigenvalue weighted by Crippen LogP contribution is 2.28. The SMILES string of the molecule is COc1ccccc1OCC(=O)N(CCC(=O)NCc1ccc(S(N)(=O)=O)cc1)C1CC1. The summed E-state index contributed by atoms with van der Waals surface area (Å²) >= 11 is 0. The lowest BCUT2D eigenvalue weighted by Gasteiger charge is -2.22. The van der Waals surface area contributed by atoms with Gasteiger partial charge in [-0.3, -0.25) is 9.59 Å². The molecule has 172 valence electrons. The molecule has 0 saturated heterocycles. The van der Waals surface area contributed by atoms with Crippen LogP contribution >= 0.6 is 0 Å². The zero-order valence-electron chi connectivity index (χ0n) is 17.8. The molecule has 0 bridgehead atoms. The number of sulfonamides is 1. The van der Waals surface area contributed by atoms with Crippen molar-refractivity contribution in [1.82, 2.24) is 10.2 Å². The number of nitrogens with two attached hydrogens (primary N) is 1. The molecule has 2 aromatic rings. The van der Waals surface area contributed by atoms with Gasteiger partial charge in [0.05, 0.1) is 12.0 Å². The highest BCUT2D eigenvalue weighted by Gasteiger charge is 2.32. The number of nitrogens with one attached hydrogen (secondary N) is 1. The van der Waals surface area contributed by atoms with E-state index in [9.17, 15) is 18.0 Å². The molecule has 1 aliphatic carbocycles. The van der Waals surface area contributed by atoms with Crippen molar-refractivity contribution >= 4 is 21.8 Å². The molecule has 3 N–H and O–H groups in total. The average Bonchev–Trinajstić information content (AvgIpc) is 3.61. The molecule has 0 heterocycles. The topological polar surface area (TPSA) is 128 Å². The van der Waals surface area contributed by atoms with Gasteiger partial charge in [0.1, 0.15) is 0 Å². The van der Waals surface area contributed by atoms with Gasteiger partial charge in [0.15, 0.2) is 18.1 Å². The van der Waals surface area contributed by atoms with Crippen LogP contribution in [0.3, 0.4) is 0 Å². The van der Waals surface area contributed by atoms with Gasteiger partial charge >= 0.3 is 0 Å². The fraction of sp³-hybridized carbons (Fsp3) is 0.364. The second kappa shape index (κ2) is 10.5. The predicted octanol–water partition coefficient (Wildman–Crippen LogP) is 1.42. The van der Waals surface area contributed by atoms with Crippen molar-refractivity contribution in [2.45, 2.75) is 36.7 Å². The van der Waals surface area contributed by atoms with Gasteiger partial charge in [-0.25, -0.2) is 13.6 Å². The van der Waals surface area contributed by atoms with E-state index in [1.165, 1.54) is 19.2 Å². The summed E-state index contributed by atoms with van der Waals surface area (Å²) in [7, 11) is -2.21. The number of para-hydroxylation sites is 2. The van der Waals surface area contributed by atoms with Crippen molar-refractivity contribution in [3.63, 3.8) is 0 Å². The molecule has 0 spiro atoms. The first-order chi connectivity index (χ1) is 15.3. The molecule has 1 saturated carbocycles. The second-order valence-electron chi connectivity index (χ2n) is 7.47. The fourth-order valence-electron chi connectivity index (χ4n) is 3.17. The summed E-state index contributed by atoms with van der Waals surface area (Å²) in [6, 6.07) is 13.2. The number of carbonyl (C=O) groups excluding carboxylic acids is 2. The molecule has 0 unspecified atom stereocenters. The molecule has 2 amide bonds. The van der Waals surface area contributed by atoms with Crippen molar-refractivity contribution in [2.24, 2.45) is 5.14 Å². The molecular formula is C22H27N3O6S. The van der Waals surface area contributed by atoms with Gasteiger partial charge < -0.3 is 19.7 Å². The summed E-state index contributed by atoms with van der Waals surface area (Å²) in [5.41, 5.74) is 0.742. The molecular weight excluding hydrogens is 434 g/mol. The molecule has 3 rings (SSSR count). The largest absolute Gasteiger partial charge is 0.493 e. The van der Waals surface area contributed by atoms with Crippen LogP contribution in [0.1, 0.15) is 24.8 Å². The van der Waals surface area contributed by atoms with E-state index in [1.54, 1.807) is 35.2 Å². The Labute approximate surface area is 187 Å². The lowest BCUT2D eigenvalue weighted by Crippen LogP contribution is -2.39. The van der Waals surface area contributed by atoms with Crippen LogP contribution in [-0.2, 0) is 26.2 Å². The Morgan fingerprint density at radius 1 is 1.09 bits per heavy atom. The lowest BCUT2D eigenvalue weighted by atomic mass is 10.2. The van der Waals surface area contributed by atoms with Crippen LogP contribution < -0.4 is 19.9 Å². The van der Waals surface area contributed by atoms with Gasteiger partial charge in [0.2, 0.25) is 15.9 Å². The van der Waals surface area contributed by atoms with Crippen molar-refractivity contribution < 1.29 is 27.5 Å². The van der Waals surface area contributed by atoms with Crippen LogP contribution in [0.2, 0.25) is 0 Å². The zero-order chi connectivity index (χ0) is 23.1. The van der Waals surface area contributed by atoms with Crippen LogP contribution in [0, 0.1) is 0 Å². The Morgan fingerprint density at radius 3 is 2.34 bits per heavy atom. The summed E-state index contributed by atoms with van der Waals surface area (Å²) < 4.78 is 33.4. The number of methoxy groups -OCH3 is 1. The first-order valence-electron chi connectivity index (χ1n) is 10.2. The van der Waals surface area contributed by atoms with E-state index >= 15 is 0 Å². The third kappa shape index (κ3) is 6.69. The average molecular weight is 462 g/mol. The van der Waals surface area contributed by atoms with Gasteiger partial charge in [-0.2, -0.15) is 0 Å². The molecule has 0 aromatic heterocycles. The van der Waals surface area contributed by atoms with Gasteiger partial charge in [0, 0.05) is 25.6 Å². The van der Waals surface area contributed by atoms with Crippen molar-refractivity contribution in [3.8, 4) is 11.5 Å². The van der Waals surface area contributed by atoms with Crippen LogP contribution in [0.5, 0.6) is 11.5 Å². The van der Waals surface area contributed by atoms with Gasteiger partial charge in [0.25, 0.3) is 5.91 Å². The normalized spacial score (nSPS) is 13.3. The highest BCUT2D eigenvalue weighted by molar-refractivity contribution is 7.89. The van der Waals surface area contributed by atoms with Crippen molar-refractivity contribution in [1.29, 1.82) is 0 Å². The Kier molecular flexibility index (Phi) is 7.70. The third-order valence-corrected chi connectivity index (χ3v) is 5.98. The maximum atomic E-state index is 12.7. The van der Waals surface area contributed by atoms with Crippen molar-refractivity contribution in [3.05, 3.63) is 54.1 Å². The Bertz CT molecular complexity index is 1050. The lowest BCUT2D eigenvalue weighted by molar-refractivity contribution is -0.134. The number of primary sulfonamides is 1. The second-order valence-corrected chi connectivity index (χ2v) is 9.03. The van der Waals surface area contributed by atoms with Crippen LogP contribution in [-0.4, -0.2) is 51.4 Å². The maximum Gasteiger partial charge on any atom is 0.260 e. The predicted molar refractivity (Wildman–Crippen MR) is 118 cm³/mol. The Hall–Kier alpha value is -3.11. The van der Waals surface area contributed by atoms with E-state index < -0.39 is 10.0 Å². The molecule has 32 heavy (non-hydrogen) atoms. The smallest absolute Gasteiger partial charge is 0.260 e. The minimum Gasteiger partial charge on any atom is -0.493 e. The summed E-state index contributed by atoms with van der Waals surface area (Å²) in [6.45, 7) is 0.419. The van der Waals surface area contributed by atoms with Crippen LogP contribution in [0.4, 0.5) is 0 Å². The standard InChI is InChI=1S/C22H27N3O6S/c1-30-19-4-2-3-5-20(19)31-15-22(27)25(17-8-9-17)13-12-21(26)24-14-16-6-10-18(11-7-16)32(23,28)29/h2-7,10-11,17H,8-9,12-15H2,1H3,(H,24,26)(H2,23,28,29). The quantitative estimate of drug-likeness (QED) is 0.521. The van der Waals surface area contributed by atoms with Crippen molar-refractivity contribution in [2.75, 3.05) is 20.3 Å². The summed E-state index contributed by atoms with van der Waals surface area (Å²) in [4.78, 5) is 26.6.